The lowest BCUT2D eigenvalue weighted by molar-refractivity contribution is 0.762. The summed E-state index contributed by atoms with van der Waals surface area (Å²) in [7, 11) is 0. The molecule has 0 N–H and O–H groups in total. The Kier molecular flexibility index (Phi) is 2.86. The normalized spacial score (nSPS) is 10.4. The number of halogens is 1. The first-order chi connectivity index (χ1) is 6.75. The van der Waals surface area contributed by atoms with Crippen LogP contribution in [0.25, 0.3) is 0 Å². The third-order valence-electron chi connectivity index (χ3n) is 2.14. The highest BCUT2D eigenvalue weighted by Gasteiger charge is 2.01. The number of imidazole rings is 1. The average Bonchev–Trinajstić information content (AvgIpc) is 2.47. The van der Waals surface area contributed by atoms with Crippen molar-refractivity contribution in [3.63, 3.8) is 0 Å². The molecule has 0 amide bonds. The molecule has 2 rings (SSSR count). The molecule has 14 heavy (non-hydrogen) atoms. The summed E-state index contributed by atoms with van der Waals surface area (Å²) >= 11 is 2.24. The Hall–Kier alpha value is -0.840. The number of benzene rings is 1. The Morgan fingerprint density at radius 1 is 1.29 bits per heavy atom. The molecule has 0 spiro atoms. The number of aromatic nitrogens is 2. The second-order valence-corrected chi connectivity index (χ2v) is 4.33. The van der Waals surface area contributed by atoms with Crippen molar-refractivity contribution in [3.8, 4) is 0 Å². The van der Waals surface area contributed by atoms with Crippen LogP contribution < -0.4 is 0 Å². The van der Waals surface area contributed by atoms with Crippen LogP contribution in [0.2, 0.25) is 0 Å². The summed E-state index contributed by atoms with van der Waals surface area (Å²) in [4.78, 5) is 4.36. The van der Waals surface area contributed by atoms with Crippen LogP contribution in [0.4, 0.5) is 0 Å². The molecule has 0 aliphatic heterocycles. The molecular weight excluding hydrogens is 287 g/mol. The molecule has 0 saturated carbocycles. The molecule has 0 radical (unpaired) electrons. The Morgan fingerprint density at radius 2 is 2.00 bits per heavy atom. The Morgan fingerprint density at radius 3 is 2.57 bits per heavy atom. The lowest BCUT2D eigenvalue weighted by Gasteiger charge is -2.03. The van der Waals surface area contributed by atoms with Gasteiger partial charge in [0.15, 0.2) is 0 Å². The van der Waals surface area contributed by atoms with E-state index in [9.17, 15) is 0 Å². The molecule has 72 valence electrons. The van der Waals surface area contributed by atoms with Crippen LogP contribution in [0.3, 0.4) is 0 Å². The first-order valence-electron chi connectivity index (χ1n) is 4.49. The van der Waals surface area contributed by atoms with Crippen molar-refractivity contribution in [2.75, 3.05) is 0 Å². The Balaban J connectivity index is 2.23. The van der Waals surface area contributed by atoms with Crippen LogP contribution in [0, 0.1) is 10.6 Å². The number of hydrogen-bond acceptors (Lipinski definition) is 1. The number of nitrogens with zero attached hydrogens (tertiary/aromatic N) is 2. The maximum atomic E-state index is 4.36. The number of hydrogen-bond donors (Lipinski definition) is 0. The predicted octanol–water partition coefficient (Wildman–Crippen LogP) is 2.84. The Labute approximate surface area is 97.1 Å². The molecule has 2 nitrogen and oxygen atoms in total. The van der Waals surface area contributed by atoms with Gasteiger partial charge in [-0.15, -0.1) is 0 Å². The third kappa shape index (κ3) is 2.15. The van der Waals surface area contributed by atoms with E-state index in [4.69, 9.17) is 0 Å². The van der Waals surface area contributed by atoms with Gasteiger partial charge >= 0.3 is 0 Å². The number of rotatable bonds is 2. The van der Waals surface area contributed by atoms with E-state index in [-0.39, 0.29) is 0 Å². The molecule has 0 bridgehead atoms. The van der Waals surface area contributed by atoms with Crippen LogP contribution in [0.1, 0.15) is 11.4 Å². The van der Waals surface area contributed by atoms with Gasteiger partial charge < -0.3 is 4.57 Å². The molecule has 3 heteroatoms. The minimum atomic E-state index is 0.905. The monoisotopic (exact) mass is 298 g/mol. The van der Waals surface area contributed by atoms with Gasteiger partial charge in [0, 0.05) is 12.7 Å². The van der Waals surface area contributed by atoms with Crippen LogP contribution in [0.15, 0.2) is 36.5 Å². The van der Waals surface area contributed by atoms with E-state index in [1.807, 2.05) is 13.0 Å². The minimum Gasteiger partial charge on any atom is -0.330 e. The molecule has 0 saturated heterocycles. The lowest BCUT2D eigenvalue weighted by Crippen LogP contribution is -2.00. The smallest absolute Gasteiger partial charge is 0.119 e. The fourth-order valence-corrected chi connectivity index (χ4v) is 2.10. The molecule has 0 aliphatic carbocycles. The van der Waals surface area contributed by atoms with Crippen molar-refractivity contribution in [1.29, 1.82) is 0 Å². The quantitative estimate of drug-likeness (QED) is 0.780. The Bertz CT molecular complexity index is 420. The van der Waals surface area contributed by atoms with Gasteiger partial charge in [-0.25, -0.2) is 4.98 Å². The highest BCUT2D eigenvalue weighted by molar-refractivity contribution is 14.1. The van der Waals surface area contributed by atoms with Crippen molar-refractivity contribution >= 4 is 22.6 Å². The number of aryl methyl sites for hydroxylation is 1. The van der Waals surface area contributed by atoms with Crippen LogP contribution in [-0.2, 0) is 6.54 Å². The molecule has 0 atom stereocenters. The van der Waals surface area contributed by atoms with E-state index >= 15 is 0 Å². The van der Waals surface area contributed by atoms with Crippen molar-refractivity contribution < 1.29 is 0 Å². The van der Waals surface area contributed by atoms with Gasteiger partial charge in [0.2, 0.25) is 0 Å². The summed E-state index contributed by atoms with van der Waals surface area (Å²) in [5.41, 5.74) is 1.31. The SMILES string of the molecule is Cc1nc(I)cn1Cc1ccccc1. The van der Waals surface area contributed by atoms with Crippen molar-refractivity contribution in [3.05, 3.63) is 51.6 Å². The van der Waals surface area contributed by atoms with Crippen molar-refractivity contribution in [2.24, 2.45) is 0 Å². The van der Waals surface area contributed by atoms with Crippen LogP contribution >= 0.6 is 22.6 Å². The maximum absolute atomic E-state index is 4.36. The lowest BCUT2D eigenvalue weighted by atomic mass is 10.2. The van der Waals surface area contributed by atoms with Gasteiger partial charge in [-0.2, -0.15) is 0 Å². The van der Waals surface area contributed by atoms with Gasteiger partial charge in [-0.05, 0) is 35.1 Å². The van der Waals surface area contributed by atoms with Gasteiger partial charge in [-0.3, -0.25) is 0 Å². The standard InChI is InChI=1S/C11H11IN2/c1-9-13-11(12)8-14(9)7-10-5-3-2-4-6-10/h2-6,8H,7H2,1H3. The zero-order valence-electron chi connectivity index (χ0n) is 7.94. The predicted molar refractivity (Wildman–Crippen MR) is 65.2 cm³/mol. The molecule has 0 aliphatic rings. The van der Waals surface area contributed by atoms with Gasteiger partial charge in [-0.1, -0.05) is 30.3 Å². The molecular formula is C11H11IN2. The van der Waals surface area contributed by atoms with E-state index in [1.54, 1.807) is 0 Å². The van der Waals surface area contributed by atoms with Gasteiger partial charge in [0.25, 0.3) is 0 Å². The highest BCUT2D eigenvalue weighted by Crippen LogP contribution is 2.08. The summed E-state index contributed by atoms with van der Waals surface area (Å²) in [5.74, 6) is 1.07. The van der Waals surface area contributed by atoms with Crippen molar-refractivity contribution in [1.82, 2.24) is 9.55 Å². The second-order valence-electron chi connectivity index (χ2n) is 3.22. The molecule has 0 fully saturated rings. The van der Waals surface area contributed by atoms with Gasteiger partial charge in [0.05, 0.1) is 0 Å². The zero-order valence-corrected chi connectivity index (χ0v) is 10.1. The van der Waals surface area contributed by atoms with Crippen LogP contribution in [-0.4, -0.2) is 9.55 Å². The first kappa shape index (κ1) is 9.71. The minimum absolute atomic E-state index is 0.905. The topological polar surface area (TPSA) is 17.8 Å². The molecule has 0 unspecified atom stereocenters. The average molecular weight is 298 g/mol. The van der Waals surface area contributed by atoms with E-state index in [1.165, 1.54) is 5.56 Å². The highest BCUT2D eigenvalue weighted by atomic mass is 127. The summed E-state index contributed by atoms with van der Waals surface area (Å²) in [6.45, 7) is 2.94. The summed E-state index contributed by atoms with van der Waals surface area (Å²) in [6.07, 6.45) is 2.07. The maximum Gasteiger partial charge on any atom is 0.119 e. The zero-order chi connectivity index (χ0) is 9.97. The summed E-state index contributed by atoms with van der Waals surface area (Å²) in [6, 6.07) is 10.4. The van der Waals surface area contributed by atoms with E-state index in [0.717, 1.165) is 16.1 Å². The largest absolute Gasteiger partial charge is 0.330 e. The van der Waals surface area contributed by atoms with E-state index in [0.29, 0.717) is 0 Å². The van der Waals surface area contributed by atoms with E-state index < -0.39 is 0 Å². The van der Waals surface area contributed by atoms with Crippen LogP contribution in [0.5, 0.6) is 0 Å². The fraction of sp³-hybridized carbons (Fsp3) is 0.182. The second kappa shape index (κ2) is 4.13. The molecule has 1 heterocycles. The van der Waals surface area contributed by atoms with E-state index in [2.05, 4.69) is 62.6 Å². The third-order valence-corrected chi connectivity index (χ3v) is 2.66. The summed E-state index contributed by atoms with van der Waals surface area (Å²) in [5, 5.41) is 0. The molecule has 1 aromatic heterocycles. The first-order valence-corrected chi connectivity index (χ1v) is 5.57. The fourth-order valence-electron chi connectivity index (χ4n) is 1.41. The summed E-state index contributed by atoms with van der Waals surface area (Å²) < 4.78 is 3.22. The molecule has 2 aromatic rings. The van der Waals surface area contributed by atoms with Crippen molar-refractivity contribution in [2.45, 2.75) is 13.5 Å². The van der Waals surface area contributed by atoms with Gasteiger partial charge in [0.1, 0.15) is 9.53 Å². The molecule has 1 aromatic carbocycles.